The van der Waals surface area contributed by atoms with Crippen molar-refractivity contribution in [1.82, 2.24) is 24.1 Å². The number of fused-ring (bicyclic) bond motifs is 2. The molecule has 3 heterocycles. The van der Waals surface area contributed by atoms with Crippen molar-refractivity contribution in [2.24, 2.45) is 0 Å². The van der Waals surface area contributed by atoms with Gasteiger partial charge in [-0.2, -0.15) is 27.2 Å². The minimum Gasteiger partial charge on any atom is -0.497 e. The summed E-state index contributed by atoms with van der Waals surface area (Å²) in [6.07, 6.45) is 3.17. The van der Waals surface area contributed by atoms with Crippen LogP contribution in [0.4, 0.5) is 0 Å². The van der Waals surface area contributed by atoms with Gasteiger partial charge in [0.2, 0.25) is 0 Å². The molecule has 8 heteroatoms. The van der Waals surface area contributed by atoms with Crippen molar-refractivity contribution in [3.63, 3.8) is 0 Å². The molecule has 0 amide bonds. The first kappa shape index (κ1) is 15.6. The summed E-state index contributed by atoms with van der Waals surface area (Å²) in [5.41, 5.74) is 1.97. The number of benzene rings is 1. The van der Waals surface area contributed by atoms with E-state index in [1.54, 1.807) is 22.4 Å². The Bertz CT molecular complexity index is 1120. The van der Waals surface area contributed by atoms with Crippen LogP contribution >= 0.6 is 12.6 Å². The molecule has 25 heavy (non-hydrogen) atoms. The summed E-state index contributed by atoms with van der Waals surface area (Å²) in [4.78, 5) is 21.6. The highest BCUT2D eigenvalue weighted by atomic mass is 32.1. The molecule has 7 nitrogen and oxygen atoms in total. The van der Waals surface area contributed by atoms with Crippen molar-refractivity contribution in [3.05, 3.63) is 53.2 Å². The Hall–Kier alpha value is -2.87. The third-order valence-electron chi connectivity index (χ3n) is 4.05. The number of aromatic nitrogens is 5. The number of pyridine rings is 1. The van der Waals surface area contributed by atoms with Crippen LogP contribution in [-0.2, 0) is 6.54 Å². The summed E-state index contributed by atoms with van der Waals surface area (Å²) in [6.45, 7) is 0.523. The smallest absolute Gasteiger partial charge is 0.262 e. The molecule has 0 radical (unpaired) electrons. The quantitative estimate of drug-likeness (QED) is 0.569. The van der Waals surface area contributed by atoms with Crippen LogP contribution in [0.3, 0.4) is 0 Å². The summed E-state index contributed by atoms with van der Waals surface area (Å²) < 4.78 is 8.44. The third-order valence-corrected chi connectivity index (χ3v) is 4.25. The number of methoxy groups -OCH3 is 1. The van der Waals surface area contributed by atoms with Crippen molar-refractivity contribution < 1.29 is 4.74 Å². The van der Waals surface area contributed by atoms with Gasteiger partial charge in [0.1, 0.15) is 12.1 Å². The maximum Gasteiger partial charge on any atom is 0.262 e. The Morgan fingerprint density at radius 1 is 1.20 bits per heavy atom. The van der Waals surface area contributed by atoms with E-state index in [1.165, 1.54) is 6.33 Å². The fraction of sp³-hybridized carbons (Fsp3) is 0.176. The van der Waals surface area contributed by atoms with Gasteiger partial charge in [0.15, 0.2) is 0 Å². The molecule has 0 spiro atoms. The van der Waals surface area contributed by atoms with Gasteiger partial charge in [-0.05, 0) is 30.3 Å². The van der Waals surface area contributed by atoms with Gasteiger partial charge in [-0.15, -0.1) is 0 Å². The molecule has 0 bridgehead atoms. The number of aryl methyl sites for hydroxylation is 1. The fourth-order valence-electron chi connectivity index (χ4n) is 2.86. The van der Waals surface area contributed by atoms with E-state index in [-0.39, 0.29) is 5.56 Å². The van der Waals surface area contributed by atoms with Crippen molar-refractivity contribution in [1.29, 1.82) is 0 Å². The van der Waals surface area contributed by atoms with Crippen LogP contribution in [0.5, 0.6) is 5.75 Å². The van der Waals surface area contributed by atoms with Crippen molar-refractivity contribution in [2.75, 3.05) is 12.9 Å². The van der Waals surface area contributed by atoms with Gasteiger partial charge < -0.3 is 9.30 Å². The Kier molecular flexibility index (Phi) is 3.89. The molecule has 0 unspecified atom stereocenters. The van der Waals surface area contributed by atoms with Gasteiger partial charge in [-0.1, -0.05) is 0 Å². The molecule has 0 saturated carbocycles. The van der Waals surface area contributed by atoms with Crippen molar-refractivity contribution in [3.8, 4) is 17.0 Å². The highest BCUT2D eigenvalue weighted by molar-refractivity contribution is 7.80. The number of nitrogens with zero attached hydrogens (tertiary/aromatic N) is 5. The average molecular weight is 353 g/mol. The van der Waals surface area contributed by atoms with E-state index in [0.29, 0.717) is 34.7 Å². The molecule has 0 aliphatic heterocycles. The monoisotopic (exact) mass is 353 g/mol. The number of hydrogen-bond acceptors (Lipinski definition) is 6. The molecule has 0 atom stereocenters. The van der Waals surface area contributed by atoms with E-state index >= 15 is 0 Å². The van der Waals surface area contributed by atoms with Crippen LogP contribution in [0.15, 0.2) is 47.7 Å². The number of hydrogen-bond donors (Lipinski definition) is 1. The minimum absolute atomic E-state index is 0.123. The lowest BCUT2D eigenvalue weighted by atomic mass is 10.1. The average Bonchev–Trinajstić information content (AvgIpc) is 3.11. The molecular weight excluding hydrogens is 338 g/mol. The molecule has 3 aromatic heterocycles. The predicted molar refractivity (Wildman–Crippen MR) is 98.4 cm³/mol. The first-order chi connectivity index (χ1) is 12.2. The van der Waals surface area contributed by atoms with E-state index < -0.39 is 0 Å². The summed E-state index contributed by atoms with van der Waals surface area (Å²) in [5, 5.41) is 4.76. The zero-order chi connectivity index (χ0) is 17.4. The Balaban J connectivity index is 2.11. The SMILES string of the molecule is COc1ccc(-c2c3c(=O)n(CCS)ccc3nc3ncnn23)cc1. The van der Waals surface area contributed by atoms with Crippen LogP contribution < -0.4 is 10.3 Å². The van der Waals surface area contributed by atoms with E-state index in [1.807, 2.05) is 30.3 Å². The largest absolute Gasteiger partial charge is 0.497 e. The summed E-state index contributed by atoms with van der Waals surface area (Å²) in [5.74, 6) is 1.76. The summed E-state index contributed by atoms with van der Waals surface area (Å²) in [6, 6.07) is 9.30. The lowest BCUT2D eigenvalue weighted by Gasteiger charge is -2.11. The molecule has 0 fully saturated rings. The summed E-state index contributed by atoms with van der Waals surface area (Å²) in [7, 11) is 1.61. The normalized spacial score (nSPS) is 11.3. The predicted octanol–water partition coefficient (Wildman–Crippen LogP) is 2.04. The molecule has 0 aliphatic rings. The van der Waals surface area contributed by atoms with Crippen LogP contribution in [0.25, 0.3) is 27.9 Å². The van der Waals surface area contributed by atoms with Crippen molar-refractivity contribution >= 4 is 29.3 Å². The van der Waals surface area contributed by atoms with Gasteiger partial charge in [0, 0.05) is 24.1 Å². The second-order valence-electron chi connectivity index (χ2n) is 5.46. The van der Waals surface area contributed by atoms with E-state index in [2.05, 4.69) is 27.7 Å². The lowest BCUT2D eigenvalue weighted by molar-refractivity contribution is 0.415. The Morgan fingerprint density at radius 3 is 2.72 bits per heavy atom. The highest BCUT2D eigenvalue weighted by Gasteiger charge is 2.17. The van der Waals surface area contributed by atoms with E-state index in [4.69, 9.17) is 4.74 Å². The maximum atomic E-state index is 13.0. The Labute approximate surface area is 148 Å². The number of thiol groups is 1. The molecule has 0 saturated heterocycles. The van der Waals surface area contributed by atoms with Gasteiger partial charge in [-0.3, -0.25) is 4.79 Å². The zero-order valence-electron chi connectivity index (χ0n) is 13.5. The van der Waals surface area contributed by atoms with Gasteiger partial charge in [-0.25, -0.2) is 4.98 Å². The van der Waals surface area contributed by atoms with Crippen LogP contribution in [-0.4, -0.2) is 37.0 Å². The van der Waals surface area contributed by atoms with Gasteiger partial charge >= 0.3 is 0 Å². The van der Waals surface area contributed by atoms with Gasteiger partial charge in [0.25, 0.3) is 11.3 Å². The van der Waals surface area contributed by atoms with Crippen LogP contribution in [0.2, 0.25) is 0 Å². The maximum absolute atomic E-state index is 13.0. The standard InChI is InChI=1S/C17H15N5O2S/c1-24-12-4-2-11(3-5-12)15-14-13(20-17-18-10-19-22(15)17)6-7-21(8-9-25)16(14)23/h2-7,10,25H,8-9H2,1H3. The van der Waals surface area contributed by atoms with Crippen molar-refractivity contribution in [2.45, 2.75) is 6.54 Å². The zero-order valence-corrected chi connectivity index (χ0v) is 14.3. The van der Waals surface area contributed by atoms with Crippen LogP contribution in [0, 0.1) is 0 Å². The lowest BCUT2D eigenvalue weighted by Crippen LogP contribution is -2.22. The second-order valence-corrected chi connectivity index (χ2v) is 5.91. The van der Waals surface area contributed by atoms with Gasteiger partial charge in [0.05, 0.1) is 23.7 Å². The first-order valence-corrected chi connectivity index (χ1v) is 8.34. The molecular formula is C17H15N5O2S. The Morgan fingerprint density at radius 2 is 2.00 bits per heavy atom. The third kappa shape index (κ3) is 2.54. The fourth-order valence-corrected chi connectivity index (χ4v) is 3.08. The highest BCUT2D eigenvalue weighted by Crippen LogP contribution is 2.27. The van der Waals surface area contributed by atoms with E-state index in [9.17, 15) is 4.79 Å². The number of ether oxygens (including phenoxy) is 1. The molecule has 4 rings (SSSR count). The molecule has 1 aromatic carbocycles. The number of rotatable bonds is 4. The van der Waals surface area contributed by atoms with E-state index in [0.717, 1.165) is 11.3 Å². The summed E-state index contributed by atoms with van der Waals surface area (Å²) >= 11 is 4.22. The molecule has 4 aromatic rings. The minimum atomic E-state index is -0.123. The second kappa shape index (κ2) is 6.21. The topological polar surface area (TPSA) is 74.3 Å². The first-order valence-electron chi connectivity index (χ1n) is 7.71. The molecule has 126 valence electrons. The molecule has 0 aliphatic carbocycles. The van der Waals surface area contributed by atoms with Crippen LogP contribution in [0.1, 0.15) is 0 Å². The molecule has 0 N–H and O–H groups in total.